The Morgan fingerprint density at radius 1 is 0.414 bits per heavy atom. The van der Waals surface area contributed by atoms with Crippen LogP contribution < -0.4 is 28.4 Å². The molecule has 5 aromatic carbocycles. The first-order valence-corrected chi connectivity index (χ1v) is 24.5. The molecule has 70 heavy (non-hydrogen) atoms. The lowest BCUT2D eigenvalue weighted by Gasteiger charge is -2.28. The molecule has 2 heterocycles. The summed E-state index contributed by atoms with van der Waals surface area (Å²) in [5.41, 5.74) is 3.44. The van der Waals surface area contributed by atoms with Gasteiger partial charge >= 0.3 is 11.9 Å². The van der Waals surface area contributed by atoms with Gasteiger partial charge in [0.15, 0.2) is 0 Å². The van der Waals surface area contributed by atoms with Crippen LogP contribution in [0, 0.1) is 0 Å². The molecule has 2 saturated carbocycles. The molecule has 14 heteroatoms. The predicted molar refractivity (Wildman–Crippen MR) is 257 cm³/mol. The highest BCUT2D eigenvalue weighted by molar-refractivity contribution is 5.90. The Balaban J connectivity index is 0.605. The third-order valence-corrected chi connectivity index (χ3v) is 13.0. The molecule has 14 nitrogen and oxygen atoms in total. The Morgan fingerprint density at radius 3 is 0.986 bits per heavy atom. The SMILES string of the molecule is O=C(OC1CCC(c2ccc(OCC3CO3)cc2)CC1)c1ccc(OCC(O)COc2ccc(OCC(O)COc3ccc(C(=O)OC4CCC(c5ccc(OCC6CO6)cc5)CC4)cc3)cc2)cc1. The molecule has 9 rings (SSSR count). The summed E-state index contributed by atoms with van der Waals surface area (Å²) in [7, 11) is 0. The van der Waals surface area contributed by atoms with Crippen LogP contribution in [0.25, 0.3) is 0 Å². The molecule has 0 bridgehead atoms. The summed E-state index contributed by atoms with van der Waals surface area (Å²) < 4.78 is 56.6. The van der Waals surface area contributed by atoms with Crippen molar-refractivity contribution in [2.45, 2.75) is 99.8 Å². The minimum Gasteiger partial charge on any atom is -0.491 e. The molecule has 2 N–H and O–H groups in total. The molecule has 4 unspecified atom stereocenters. The van der Waals surface area contributed by atoms with E-state index in [1.807, 2.05) is 24.3 Å². The maximum Gasteiger partial charge on any atom is 0.338 e. The molecule has 0 aromatic heterocycles. The van der Waals surface area contributed by atoms with Gasteiger partial charge in [0.2, 0.25) is 0 Å². The van der Waals surface area contributed by atoms with Crippen molar-refractivity contribution in [3.8, 4) is 34.5 Å². The van der Waals surface area contributed by atoms with Crippen LogP contribution in [0.2, 0.25) is 0 Å². The molecule has 4 fully saturated rings. The summed E-state index contributed by atoms with van der Waals surface area (Å²) >= 11 is 0. The van der Waals surface area contributed by atoms with Gasteiger partial charge in [-0.1, -0.05) is 24.3 Å². The van der Waals surface area contributed by atoms with Gasteiger partial charge in [-0.25, -0.2) is 9.59 Å². The van der Waals surface area contributed by atoms with E-state index in [0.29, 0.717) is 59.2 Å². The Bertz CT molecular complexity index is 2210. The molecule has 2 aliphatic carbocycles. The van der Waals surface area contributed by atoms with Crippen molar-refractivity contribution in [2.75, 3.05) is 52.9 Å². The molecule has 5 aromatic rings. The third-order valence-electron chi connectivity index (χ3n) is 13.0. The van der Waals surface area contributed by atoms with Crippen LogP contribution in [0.1, 0.15) is 95.0 Å². The molecule has 370 valence electrons. The van der Waals surface area contributed by atoms with E-state index >= 15 is 0 Å². The smallest absolute Gasteiger partial charge is 0.338 e. The summed E-state index contributed by atoms with van der Waals surface area (Å²) in [6, 6.07) is 36.8. The van der Waals surface area contributed by atoms with E-state index < -0.39 is 12.2 Å². The van der Waals surface area contributed by atoms with Crippen molar-refractivity contribution in [1.29, 1.82) is 0 Å². The molecule has 4 atom stereocenters. The van der Waals surface area contributed by atoms with E-state index in [1.165, 1.54) is 11.1 Å². The Labute approximate surface area is 408 Å². The number of benzene rings is 5. The number of epoxide rings is 2. The van der Waals surface area contributed by atoms with Crippen LogP contribution in [0.3, 0.4) is 0 Å². The number of aliphatic hydroxyl groups excluding tert-OH is 2. The number of carbonyl (C=O) groups excluding carboxylic acids is 2. The minimum atomic E-state index is -0.913. The predicted octanol–water partition coefficient (Wildman–Crippen LogP) is 8.65. The number of esters is 2. The fourth-order valence-corrected chi connectivity index (χ4v) is 8.72. The molecule has 0 amide bonds. The average molecular weight is 959 g/mol. The highest BCUT2D eigenvalue weighted by Crippen LogP contribution is 2.37. The molecule has 0 radical (unpaired) electrons. The van der Waals surface area contributed by atoms with Crippen molar-refractivity contribution < 1.29 is 67.2 Å². The number of carbonyl (C=O) groups is 2. The van der Waals surface area contributed by atoms with E-state index in [-0.39, 0.29) is 62.8 Å². The van der Waals surface area contributed by atoms with Gasteiger partial charge < -0.3 is 57.6 Å². The highest BCUT2D eigenvalue weighted by Gasteiger charge is 2.28. The van der Waals surface area contributed by atoms with Crippen LogP contribution in [0.4, 0.5) is 0 Å². The average Bonchev–Trinajstić information content (AvgIpc) is 4.36. The Kier molecular flexibility index (Phi) is 16.7. The Hall–Kier alpha value is -6.32. The second kappa shape index (κ2) is 24.0. The molecule has 0 spiro atoms. The zero-order chi connectivity index (χ0) is 48.1. The second-order valence-corrected chi connectivity index (χ2v) is 18.5. The summed E-state index contributed by atoms with van der Waals surface area (Å²) in [4.78, 5) is 25.8. The van der Waals surface area contributed by atoms with E-state index in [4.69, 9.17) is 47.4 Å². The monoisotopic (exact) mass is 958 g/mol. The number of hydrogen-bond acceptors (Lipinski definition) is 14. The summed E-state index contributed by atoms with van der Waals surface area (Å²) in [6.45, 7) is 2.69. The number of rotatable bonds is 24. The number of ether oxygens (including phenoxy) is 10. The molecule has 4 aliphatic rings. The van der Waals surface area contributed by atoms with Crippen LogP contribution in [-0.4, -0.2) is 112 Å². The lowest BCUT2D eigenvalue weighted by Crippen LogP contribution is -2.25. The molecule has 2 saturated heterocycles. The fraction of sp³-hybridized carbons (Fsp3) is 0.429. The van der Waals surface area contributed by atoms with Crippen LogP contribution in [0.15, 0.2) is 121 Å². The first-order chi connectivity index (χ1) is 34.2. The van der Waals surface area contributed by atoms with E-state index in [0.717, 1.165) is 76.1 Å². The van der Waals surface area contributed by atoms with Gasteiger partial charge in [-0.15, -0.1) is 0 Å². The number of aliphatic hydroxyl groups is 2. The molecular weight excluding hydrogens is 897 g/mol. The first-order valence-electron chi connectivity index (χ1n) is 24.5. The zero-order valence-electron chi connectivity index (χ0n) is 39.3. The quantitative estimate of drug-likeness (QED) is 0.0444. The van der Waals surface area contributed by atoms with E-state index in [9.17, 15) is 19.8 Å². The van der Waals surface area contributed by atoms with Crippen molar-refractivity contribution >= 4 is 11.9 Å². The molecule has 2 aliphatic heterocycles. The summed E-state index contributed by atoms with van der Waals surface area (Å²) in [5, 5.41) is 21.0. The van der Waals surface area contributed by atoms with Gasteiger partial charge in [0.05, 0.1) is 24.3 Å². The van der Waals surface area contributed by atoms with Crippen molar-refractivity contribution in [1.82, 2.24) is 0 Å². The van der Waals surface area contributed by atoms with Crippen molar-refractivity contribution in [3.63, 3.8) is 0 Å². The maximum absolute atomic E-state index is 12.9. The zero-order valence-corrected chi connectivity index (χ0v) is 39.3. The van der Waals surface area contributed by atoms with Gasteiger partial charge in [0.1, 0.15) is 111 Å². The van der Waals surface area contributed by atoms with Crippen molar-refractivity contribution in [2.24, 2.45) is 0 Å². The third kappa shape index (κ3) is 14.8. The maximum atomic E-state index is 12.9. The van der Waals surface area contributed by atoms with Gasteiger partial charge in [0, 0.05) is 0 Å². The first kappa shape index (κ1) is 48.7. The second-order valence-electron chi connectivity index (χ2n) is 18.5. The lowest BCUT2D eigenvalue weighted by molar-refractivity contribution is 0.0186. The van der Waals surface area contributed by atoms with Gasteiger partial charge in [-0.05, 0) is 171 Å². The normalized spacial score (nSPS) is 22.4. The van der Waals surface area contributed by atoms with Crippen LogP contribution in [0.5, 0.6) is 34.5 Å². The van der Waals surface area contributed by atoms with Crippen molar-refractivity contribution in [3.05, 3.63) is 144 Å². The topological polar surface area (TPSA) is 174 Å². The summed E-state index contributed by atoms with van der Waals surface area (Å²) in [6.07, 6.45) is 5.42. The van der Waals surface area contributed by atoms with Gasteiger partial charge in [-0.2, -0.15) is 0 Å². The Morgan fingerprint density at radius 2 is 0.686 bits per heavy atom. The largest absolute Gasteiger partial charge is 0.491 e. The standard InChI is InChI=1S/C56H62O14/c57-43(29-61-45-17-9-41(10-18-45)55(59)69-51-21-5-39(6-22-51)37-1-13-47(14-2-37)65-33-53-35-67-53)31-63-49-25-27-50(28-26-49)64-32-44(58)30-62-46-19-11-42(12-20-46)56(60)70-52-23-7-40(8-24-52)38-3-15-48(16-4-38)66-34-54-36-68-54/h1-4,9-20,25-28,39-40,43-44,51-54,57-58H,5-8,21-24,29-36H2. The van der Waals surface area contributed by atoms with Gasteiger partial charge in [-0.3, -0.25) is 0 Å². The minimum absolute atomic E-state index is 0.00746. The highest BCUT2D eigenvalue weighted by atomic mass is 16.6. The fourth-order valence-electron chi connectivity index (χ4n) is 8.72. The van der Waals surface area contributed by atoms with E-state index in [2.05, 4.69) is 24.3 Å². The van der Waals surface area contributed by atoms with E-state index in [1.54, 1.807) is 72.8 Å². The summed E-state index contributed by atoms with van der Waals surface area (Å²) in [5.74, 6) is 3.90. The molecular formula is C56H62O14. The van der Waals surface area contributed by atoms with Crippen LogP contribution in [-0.2, 0) is 18.9 Å². The number of hydrogen-bond donors (Lipinski definition) is 2. The van der Waals surface area contributed by atoms with Crippen LogP contribution >= 0.6 is 0 Å². The van der Waals surface area contributed by atoms with Gasteiger partial charge in [0.25, 0.3) is 0 Å². The lowest BCUT2D eigenvalue weighted by atomic mass is 9.83.